The number of rotatable bonds is 2. The minimum atomic E-state index is -0.326. The number of ether oxygens (including phenoxy) is 1. The number of phenols is 1. The van der Waals surface area contributed by atoms with E-state index in [4.69, 9.17) is 4.74 Å². The summed E-state index contributed by atoms with van der Waals surface area (Å²) in [7, 11) is 0. The van der Waals surface area contributed by atoms with Crippen LogP contribution in [0, 0.1) is 6.92 Å². The van der Waals surface area contributed by atoms with Crippen LogP contribution in [-0.4, -0.2) is 29.8 Å². The van der Waals surface area contributed by atoms with Crippen molar-refractivity contribution in [3.05, 3.63) is 29.3 Å². The first-order valence-electron chi connectivity index (χ1n) is 5.70. The SMILES string of the molecule is Cc1ccc(O)c(C(=O)NC2(C)CCOC2)c1. The zero-order valence-corrected chi connectivity index (χ0v) is 10.1. The zero-order valence-electron chi connectivity index (χ0n) is 10.1. The molecule has 1 saturated heterocycles. The summed E-state index contributed by atoms with van der Waals surface area (Å²) in [6.07, 6.45) is 0.797. The Bertz CT molecular complexity index is 436. The van der Waals surface area contributed by atoms with E-state index < -0.39 is 0 Å². The topological polar surface area (TPSA) is 58.6 Å². The maximum Gasteiger partial charge on any atom is 0.255 e. The van der Waals surface area contributed by atoms with Crippen molar-refractivity contribution in [2.45, 2.75) is 25.8 Å². The molecule has 1 heterocycles. The van der Waals surface area contributed by atoms with Gasteiger partial charge in [-0.15, -0.1) is 0 Å². The molecule has 4 heteroatoms. The van der Waals surface area contributed by atoms with E-state index in [0.29, 0.717) is 18.8 Å². The van der Waals surface area contributed by atoms with Gasteiger partial charge < -0.3 is 15.2 Å². The molecule has 4 nitrogen and oxygen atoms in total. The first-order chi connectivity index (χ1) is 8.00. The van der Waals surface area contributed by atoms with Crippen molar-refractivity contribution in [1.29, 1.82) is 0 Å². The highest BCUT2D eigenvalue weighted by molar-refractivity contribution is 5.97. The van der Waals surface area contributed by atoms with Crippen molar-refractivity contribution in [3.63, 3.8) is 0 Å². The number of benzene rings is 1. The molecule has 1 aliphatic rings. The number of hydrogen-bond donors (Lipinski definition) is 2. The summed E-state index contributed by atoms with van der Waals surface area (Å²) in [6, 6.07) is 4.99. The van der Waals surface area contributed by atoms with Gasteiger partial charge >= 0.3 is 0 Å². The molecule has 0 aromatic heterocycles. The number of amides is 1. The maximum atomic E-state index is 12.1. The van der Waals surface area contributed by atoms with Crippen LogP contribution in [0.15, 0.2) is 18.2 Å². The van der Waals surface area contributed by atoms with Crippen molar-refractivity contribution < 1.29 is 14.6 Å². The van der Waals surface area contributed by atoms with E-state index in [0.717, 1.165) is 12.0 Å². The minimum absolute atomic E-state index is 0.00983. The highest BCUT2D eigenvalue weighted by atomic mass is 16.5. The van der Waals surface area contributed by atoms with Crippen LogP contribution in [0.5, 0.6) is 5.75 Å². The van der Waals surface area contributed by atoms with Crippen LogP contribution in [0.1, 0.15) is 29.3 Å². The van der Waals surface area contributed by atoms with E-state index in [-0.39, 0.29) is 17.2 Å². The third-order valence-corrected chi connectivity index (χ3v) is 3.03. The first-order valence-corrected chi connectivity index (χ1v) is 5.70. The number of carbonyl (C=O) groups is 1. The highest BCUT2D eigenvalue weighted by Gasteiger charge is 2.32. The molecular weight excluding hydrogens is 218 g/mol. The Kier molecular flexibility index (Phi) is 3.07. The smallest absolute Gasteiger partial charge is 0.255 e. The molecule has 0 aliphatic carbocycles. The van der Waals surface area contributed by atoms with Gasteiger partial charge in [-0.25, -0.2) is 0 Å². The molecule has 1 aromatic rings. The molecule has 92 valence electrons. The predicted molar refractivity (Wildman–Crippen MR) is 64.2 cm³/mol. The van der Waals surface area contributed by atoms with E-state index in [1.54, 1.807) is 12.1 Å². The van der Waals surface area contributed by atoms with Gasteiger partial charge in [0.2, 0.25) is 0 Å². The molecule has 0 radical (unpaired) electrons. The van der Waals surface area contributed by atoms with Crippen molar-refractivity contribution in [2.24, 2.45) is 0 Å². The molecule has 1 fully saturated rings. The van der Waals surface area contributed by atoms with Crippen LogP contribution in [0.4, 0.5) is 0 Å². The van der Waals surface area contributed by atoms with Crippen LogP contribution < -0.4 is 5.32 Å². The van der Waals surface area contributed by atoms with Gasteiger partial charge in [0, 0.05) is 6.61 Å². The lowest BCUT2D eigenvalue weighted by Crippen LogP contribution is -2.46. The Morgan fingerprint density at radius 3 is 2.94 bits per heavy atom. The number of aromatic hydroxyl groups is 1. The number of hydrogen-bond acceptors (Lipinski definition) is 3. The lowest BCUT2D eigenvalue weighted by molar-refractivity contribution is 0.0887. The van der Waals surface area contributed by atoms with Crippen molar-refractivity contribution in [3.8, 4) is 5.75 Å². The third-order valence-electron chi connectivity index (χ3n) is 3.03. The normalized spacial score (nSPS) is 23.6. The molecular formula is C13H17NO3. The average Bonchev–Trinajstić information content (AvgIpc) is 2.68. The lowest BCUT2D eigenvalue weighted by atomic mass is 10.0. The van der Waals surface area contributed by atoms with E-state index in [9.17, 15) is 9.90 Å². The van der Waals surface area contributed by atoms with Gasteiger partial charge in [-0.1, -0.05) is 11.6 Å². The molecule has 1 atom stereocenters. The third kappa shape index (κ3) is 2.58. The van der Waals surface area contributed by atoms with Gasteiger partial charge in [0.25, 0.3) is 5.91 Å². The molecule has 17 heavy (non-hydrogen) atoms. The largest absolute Gasteiger partial charge is 0.507 e. The Hall–Kier alpha value is -1.55. The van der Waals surface area contributed by atoms with E-state index >= 15 is 0 Å². The number of phenolic OH excluding ortho intramolecular Hbond substituents is 1. The Morgan fingerprint density at radius 1 is 1.53 bits per heavy atom. The standard InChI is InChI=1S/C13H17NO3/c1-9-3-4-11(15)10(7-9)12(16)14-13(2)5-6-17-8-13/h3-4,7,15H,5-6,8H2,1-2H3,(H,14,16). The van der Waals surface area contributed by atoms with Crippen molar-refractivity contribution in [1.82, 2.24) is 5.32 Å². The van der Waals surface area contributed by atoms with Crippen LogP contribution >= 0.6 is 0 Å². The van der Waals surface area contributed by atoms with Gasteiger partial charge in [-0.05, 0) is 32.4 Å². The van der Waals surface area contributed by atoms with Crippen LogP contribution in [0.25, 0.3) is 0 Å². The quantitative estimate of drug-likeness (QED) is 0.818. The average molecular weight is 235 g/mol. The molecule has 0 saturated carbocycles. The van der Waals surface area contributed by atoms with Crippen LogP contribution in [0.3, 0.4) is 0 Å². The van der Waals surface area contributed by atoms with Gasteiger partial charge in [0.1, 0.15) is 5.75 Å². The van der Waals surface area contributed by atoms with Gasteiger partial charge in [0.05, 0.1) is 17.7 Å². The van der Waals surface area contributed by atoms with E-state index in [1.165, 1.54) is 6.07 Å². The summed E-state index contributed by atoms with van der Waals surface area (Å²) in [6.45, 7) is 5.02. The van der Waals surface area contributed by atoms with Gasteiger partial charge in [-0.3, -0.25) is 4.79 Å². The van der Waals surface area contributed by atoms with Gasteiger partial charge in [-0.2, -0.15) is 0 Å². The summed E-state index contributed by atoms with van der Waals surface area (Å²) in [4.78, 5) is 12.1. The van der Waals surface area contributed by atoms with E-state index in [2.05, 4.69) is 5.32 Å². The summed E-state index contributed by atoms with van der Waals surface area (Å²) < 4.78 is 5.27. The predicted octanol–water partition coefficient (Wildman–Crippen LogP) is 1.61. The van der Waals surface area contributed by atoms with Crippen LogP contribution in [0.2, 0.25) is 0 Å². The Balaban J connectivity index is 2.17. The molecule has 1 aromatic carbocycles. The van der Waals surface area contributed by atoms with Gasteiger partial charge in [0.15, 0.2) is 0 Å². The summed E-state index contributed by atoms with van der Waals surface area (Å²) >= 11 is 0. The fraction of sp³-hybridized carbons (Fsp3) is 0.462. The van der Waals surface area contributed by atoms with E-state index in [1.807, 2.05) is 13.8 Å². The maximum absolute atomic E-state index is 12.1. The Morgan fingerprint density at radius 2 is 2.29 bits per heavy atom. The van der Waals surface area contributed by atoms with Crippen molar-refractivity contribution >= 4 is 5.91 Å². The molecule has 1 unspecified atom stereocenters. The fourth-order valence-corrected chi connectivity index (χ4v) is 1.94. The lowest BCUT2D eigenvalue weighted by Gasteiger charge is -2.23. The molecule has 2 N–H and O–H groups in total. The second kappa shape index (κ2) is 4.37. The summed E-state index contributed by atoms with van der Waals surface area (Å²) in [5, 5.41) is 12.6. The summed E-state index contributed by atoms with van der Waals surface area (Å²) in [5.74, 6) is -0.241. The molecule has 1 amide bonds. The second-order valence-corrected chi connectivity index (χ2v) is 4.84. The molecule has 1 aliphatic heterocycles. The fourth-order valence-electron chi connectivity index (χ4n) is 1.94. The molecule has 2 rings (SSSR count). The monoisotopic (exact) mass is 235 g/mol. The number of nitrogens with one attached hydrogen (secondary N) is 1. The Labute approximate surface area is 101 Å². The van der Waals surface area contributed by atoms with Crippen LogP contribution in [-0.2, 0) is 4.74 Å². The molecule has 0 bridgehead atoms. The zero-order chi connectivity index (χ0) is 12.5. The number of carbonyl (C=O) groups excluding carboxylic acids is 1. The second-order valence-electron chi connectivity index (χ2n) is 4.84. The molecule has 0 spiro atoms. The first kappa shape index (κ1) is 11.9. The highest BCUT2D eigenvalue weighted by Crippen LogP contribution is 2.22. The van der Waals surface area contributed by atoms with Crippen molar-refractivity contribution in [2.75, 3.05) is 13.2 Å². The number of aryl methyl sites for hydroxylation is 1. The summed E-state index contributed by atoms with van der Waals surface area (Å²) in [5.41, 5.74) is 0.937. The minimum Gasteiger partial charge on any atom is -0.507 e.